The molecule has 1 aromatic carbocycles. The summed E-state index contributed by atoms with van der Waals surface area (Å²) in [5.74, 6) is 0.856. The number of carbonyl (C=O) groups is 2. The van der Waals surface area contributed by atoms with Gasteiger partial charge in [0.25, 0.3) is 0 Å². The minimum Gasteiger partial charge on any atom is -0.444 e. The number of ether oxygens (including phenoxy) is 1. The van der Waals surface area contributed by atoms with E-state index in [0.717, 1.165) is 11.3 Å². The van der Waals surface area contributed by atoms with Crippen LogP contribution in [0.5, 0.6) is 0 Å². The number of anilines is 1. The number of carbonyl (C=O) groups excluding carboxylic acids is 2. The topological polar surface area (TPSA) is 80.3 Å². The summed E-state index contributed by atoms with van der Waals surface area (Å²) in [6, 6.07) is 9.24. The Morgan fingerprint density at radius 1 is 1.27 bits per heavy atom. The van der Waals surface area contributed by atoms with Crippen molar-refractivity contribution in [1.82, 2.24) is 10.3 Å². The molecule has 0 aliphatic carbocycles. The minimum atomic E-state index is -0.720. The molecule has 0 bridgehead atoms. The van der Waals surface area contributed by atoms with Gasteiger partial charge in [0, 0.05) is 23.1 Å². The summed E-state index contributed by atoms with van der Waals surface area (Å²) in [7, 11) is 0. The van der Waals surface area contributed by atoms with Gasteiger partial charge in [-0.05, 0) is 26.3 Å². The average molecular weight is 394 g/mol. The zero-order chi connectivity index (χ0) is 19.0. The molecule has 1 heterocycles. The largest absolute Gasteiger partial charge is 0.444 e. The minimum absolute atomic E-state index is 0.314. The quantitative estimate of drug-likeness (QED) is 0.745. The van der Waals surface area contributed by atoms with Crippen molar-refractivity contribution in [2.45, 2.75) is 38.2 Å². The Labute approximate surface area is 161 Å². The number of amides is 2. The van der Waals surface area contributed by atoms with Crippen LogP contribution in [0.1, 0.15) is 26.3 Å². The molecule has 6 nitrogen and oxygen atoms in total. The SMILES string of the molecule is CC(C)(C)OC(=O)N[C@@H](CSCc1ccccc1)C(=O)Nc1nccs1. The number of nitrogens with zero attached hydrogens (tertiary/aromatic N) is 1. The van der Waals surface area contributed by atoms with E-state index in [9.17, 15) is 9.59 Å². The van der Waals surface area contributed by atoms with Crippen LogP contribution in [0.4, 0.5) is 9.93 Å². The molecule has 1 atom stereocenters. The number of rotatable bonds is 7. The van der Waals surface area contributed by atoms with Crippen LogP contribution in [0.15, 0.2) is 41.9 Å². The van der Waals surface area contributed by atoms with Gasteiger partial charge in [-0.2, -0.15) is 11.8 Å². The molecule has 0 saturated heterocycles. The van der Waals surface area contributed by atoms with E-state index in [-0.39, 0.29) is 5.91 Å². The number of alkyl carbamates (subject to hydrolysis) is 1. The van der Waals surface area contributed by atoms with Gasteiger partial charge >= 0.3 is 6.09 Å². The molecule has 0 fully saturated rings. The smallest absolute Gasteiger partial charge is 0.408 e. The second-order valence-corrected chi connectivity index (χ2v) is 8.45. The van der Waals surface area contributed by atoms with Gasteiger partial charge in [0.15, 0.2) is 5.13 Å². The van der Waals surface area contributed by atoms with Crippen LogP contribution >= 0.6 is 23.1 Å². The lowest BCUT2D eigenvalue weighted by atomic mass is 10.2. The summed E-state index contributed by atoms with van der Waals surface area (Å²) in [5.41, 5.74) is 0.534. The van der Waals surface area contributed by atoms with Crippen molar-refractivity contribution in [3.63, 3.8) is 0 Å². The maximum absolute atomic E-state index is 12.5. The first kappa shape index (κ1) is 20.3. The Hall–Kier alpha value is -2.06. The first-order valence-electron chi connectivity index (χ1n) is 8.15. The van der Waals surface area contributed by atoms with Crippen LogP contribution in [-0.4, -0.2) is 34.4 Å². The molecule has 0 aliphatic rings. The monoisotopic (exact) mass is 393 g/mol. The van der Waals surface area contributed by atoms with Crippen LogP contribution in [0, 0.1) is 0 Å². The highest BCUT2D eigenvalue weighted by molar-refractivity contribution is 7.98. The predicted molar refractivity (Wildman–Crippen MR) is 107 cm³/mol. The third kappa shape index (κ3) is 7.45. The maximum Gasteiger partial charge on any atom is 0.408 e. The Bertz CT molecular complexity index is 700. The second kappa shape index (κ2) is 9.59. The van der Waals surface area contributed by atoms with Gasteiger partial charge in [-0.25, -0.2) is 9.78 Å². The number of benzene rings is 1. The summed E-state index contributed by atoms with van der Waals surface area (Å²) in [6.07, 6.45) is 0.998. The molecule has 0 saturated carbocycles. The first-order valence-corrected chi connectivity index (χ1v) is 10.2. The van der Waals surface area contributed by atoms with Crippen molar-refractivity contribution < 1.29 is 14.3 Å². The van der Waals surface area contributed by atoms with E-state index in [1.54, 1.807) is 44.1 Å². The van der Waals surface area contributed by atoms with Crippen molar-refractivity contribution in [2.24, 2.45) is 0 Å². The van der Waals surface area contributed by atoms with Crippen molar-refractivity contribution in [3.8, 4) is 0 Å². The van der Waals surface area contributed by atoms with Gasteiger partial charge < -0.3 is 15.4 Å². The van der Waals surface area contributed by atoms with Crippen LogP contribution in [0.3, 0.4) is 0 Å². The highest BCUT2D eigenvalue weighted by Crippen LogP contribution is 2.16. The molecule has 0 aliphatic heterocycles. The van der Waals surface area contributed by atoms with Crippen molar-refractivity contribution in [2.75, 3.05) is 11.1 Å². The second-order valence-electron chi connectivity index (χ2n) is 6.53. The molecule has 0 radical (unpaired) electrons. The number of aromatic nitrogens is 1. The Morgan fingerprint density at radius 2 is 2.00 bits per heavy atom. The fourth-order valence-electron chi connectivity index (χ4n) is 1.98. The van der Waals surface area contributed by atoms with Gasteiger partial charge in [0.1, 0.15) is 11.6 Å². The van der Waals surface area contributed by atoms with Gasteiger partial charge in [0.05, 0.1) is 0 Å². The number of thiazole rings is 1. The molecule has 26 heavy (non-hydrogen) atoms. The number of thioether (sulfide) groups is 1. The zero-order valence-corrected chi connectivity index (χ0v) is 16.7. The highest BCUT2D eigenvalue weighted by Gasteiger charge is 2.25. The molecule has 0 spiro atoms. The van der Waals surface area contributed by atoms with Crippen LogP contribution in [0.2, 0.25) is 0 Å². The standard InChI is InChI=1S/C18H23N3O3S2/c1-18(2,3)24-17(23)20-14(15(22)21-16-19-9-10-26-16)12-25-11-13-7-5-4-6-8-13/h4-10,14H,11-12H2,1-3H3,(H,20,23)(H,19,21,22)/t14-/m0/s1. The van der Waals surface area contributed by atoms with E-state index >= 15 is 0 Å². The molecule has 2 aromatic rings. The fraction of sp³-hybridized carbons (Fsp3) is 0.389. The third-order valence-electron chi connectivity index (χ3n) is 3.07. The van der Waals surface area contributed by atoms with Crippen molar-refractivity contribution in [1.29, 1.82) is 0 Å². The Morgan fingerprint density at radius 3 is 2.62 bits per heavy atom. The normalized spacial score (nSPS) is 12.3. The van der Waals surface area contributed by atoms with Crippen LogP contribution in [0.25, 0.3) is 0 Å². The summed E-state index contributed by atoms with van der Waals surface area (Å²) >= 11 is 2.89. The molecule has 1 aromatic heterocycles. The van der Waals surface area contributed by atoms with E-state index in [0.29, 0.717) is 10.9 Å². The number of hydrogen-bond acceptors (Lipinski definition) is 6. The maximum atomic E-state index is 12.5. The van der Waals surface area contributed by atoms with Gasteiger partial charge in [0.2, 0.25) is 5.91 Å². The van der Waals surface area contributed by atoms with E-state index in [4.69, 9.17) is 4.74 Å². The third-order valence-corrected chi connectivity index (χ3v) is 4.86. The molecule has 2 rings (SSSR count). The number of nitrogens with one attached hydrogen (secondary N) is 2. The number of hydrogen-bond donors (Lipinski definition) is 2. The van der Waals surface area contributed by atoms with E-state index in [1.807, 2.05) is 30.3 Å². The molecule has 2 N–H and O–H groups in total. The lowest BCUT2D eigenvalue weighted by molar-refractivity contribution is -0.117. The molecule has 8 heteroatoms. The Kier molecular flexibility index (Phi) is 7.47. The van der Waals surface area contributed by atoms with Crippen molar-refractivity contribution >= 4 is 40.2 Å². The van der Waals surface area contributed by atoms with E-state index in [2.05, 4.69) is 15.6 Å². The van der Waals surface area contributed by atoms with Crippen LogP contribution < -0.4 is 10.6 Å². The lowest BCUT2D eigenvalue weighted by Crippen LogP contribution is -2.47. The average Bonchev–Trinajstić information content (AvgIpc) is 3.06. The first-order chi connectivity index (χ1) is 12.3. The summed E-state index contributed by atoms with van der Waals surface area (Å²) in [4.78, 5) is 28.6. The summed E-state index contributed by atoms with van der Waals surface area (Å²) in [5, 5.41) is 7.65. The van der Waals surface area contributed by atoms with E-state index in [1.165, 1.54) is 11.3 Å². The molecular formula is C18H23N3O3S2. The van der Waals surface area contributed by atoms with Gasteiger partial charge in [-0.3, -0.25) is 4.79 Å². The fourth-order valence-corrected chi connectivity index (χ4v) is 3.53. The van der Waals surface area contributed by atoms with Crippen molar-refractivity contribution in [3.05, 3.63) is 47.5 Å². The van der Waals surface area contributed by atoms with E-state index < -0.39 is 17.7 Å². The summed E-state index contributed by atoms with van der Waals surface area (Å²) < 4.78 is 5.27. The molecule has 0 unspecified atom stereocenters. The highest BCUT2D eigenvalue weighted by atomic mass is 32.2. The molecule has 140 valence electrons. The van der Waals surface area contributed by atoms with Gasteiger partial charge in [-0.15, -0.1) is 11.3 Å². The predicted octanol–water partition coefficient (Wildman–Crippen LogP) is 3.91. The molecule has 2 amide bonds. The lowest BCUT2D eigenvalue weighted by Gasteiger charge is -2.23. The Balaban J connectivity index is 1.95. The van der Waals surface area contributed by atoms with Crippen LogP contribution in [-0.2, 0) is 15.3 Å². The van der Waals surface area contributed by atoms with Gasteiger partial charge in [-0.1, -0.05) is 30.3 Å². The zero-order valence-electron chi connectivity index (χ0n) is 15.0. The molecular weight excluding hydrogens is 370 g/mol. The summed E-state index contributed by atoms with van der Waals surface area (Å²) in [6.45, 7) is 5.34.